The summed E-state index contributed by atoms with van der Waals surface area (Å²) >= 11 is 0. The number of aliphatic hydroxyl groups is 2. The number of hydrogen-bond acceptors (Lipinski definition) is 2. The molecular formula is C16H21F3O2. The van der Waals surface area contributed by atoms with E-state index in [1.54, 1.807) is 6.07 Å². The molecule has 0 bridgehead atoms. The minimum atomic E-state index is -4.39. The van der Waals surface area contributed by atoms with E-state index in [1.807, 2.05) is 0 Å². The van der Waals surface area contributed by atoms with Gasteiger partial charge in [0.05, 0.1) is 17.8 Å². The summed E-state index contributed by atoms with van der Waals surface area (Å²) in [6.07, 6.45) is -1.24. The maximum Gasteiger partial charge on any atom is 0.416 e. The van der Waals surface area contributed by atoms with Crippen molar-refractivity contribution in [2.45, 2.75) is 56.9 Å². The number of benzene rings is 1. The molecule has 2 rings (SSSR count). The molecule has 1 fully saturated rings. The van der Waals surface area contributed by atoms with Crippen LogP contribution in [0.25, 0.3) is 0 Å². The average molecular weight is 302 g/mol. The van der Waals surface area contributed by atoms with Crippen LogP contribution in [-0.2, 0) is 12.6 Å². The molecule has 0 saturated heterocycles. The summed E-state index contributed by atoms with van der Waals surface area (Å²) in [7, 11) is 0. The second-order valence-corrected chi connectivity index (χ2v) is 5.86. The Bertz CT molecular complexity index is 453. The lowest BCUT2D eigenvalue weighted by Crippen LogP contribution is -2.36. The molecule has 1 saturated carbocycles. The Morgan fingerprint density at radius 3 is 2.38 bits per heavy atom. The number of aliphatic hydroxyl groups excluding tert-OH is 2. The van der Waals surface area contributed by atoms with E-state index in [2.05, 4.69) is 0 Å². The standard InChI is InChI=1S/C16H21F3O2/c17-16(18,19)13-8-4-5-11(9-13)10-14(20)15(21)12-6-2-1-3-7-12/h4-5,8-9,12,14-15,20-21H,1-3,6-7,10H2. The summed E-state index contributed by atoms with van der Waals surface area (Å²) in [5, 5.41) is 20.2. The van der Waals surface area contributed by atoms with E-state index in [1.165, 1.54) is 6.07 Å². The maximum atomic E-state index is 12.6. The minimum Gasteiger partial charge on any atom is -0.390 e. The lowest BCUT2D eigenvalue weighted by molar-refractivity contribution is -0.137. The zero-order valence-electron chi connectivity index (χ0n) is 11.8. The van der Waals surface area contributed by atoms with Gasteiger partial charge in [0.2, 0.25) is 0 Å². The predicted molar refractivity (Wildman–Crippen MR) is 73.7 cm³/mol. The Morgan fingerprint density at radius 1 is 1.10 bits per heavy atom. The van der Waals surface area contributed by atoms with Crippen molar-refractivity contribution in [3.63, 3.8) is 0 Å². The van der Waals surface area contributed by atoms with Crippen molar-refractivity contribution in [1.82, 2.24) is 0 Å². The van der Waals surface area contributed by atoms with Gasteiger partial charge in [0.25, 0.3) is 0 Å². The fourth-order valence-electron chi connectivity index (χ4n) is 3.03. The highest BCUT2D eigenvalue weighted by molar-refractivity contribution is 5.26. The first kappa shape index (κ1) is 16.3. The second-order valence-electron chi connectivity index (χ2n) is 5.86. The number of alkyl halides is 3. The Labute approximate surface area is 122 Å². The molecule has 1 aromatic rings. The Balaban J connectivity index is 2.00. The molecule has 2 unspecified atom stereocenters. The molecule has 21 heavy (non-hydrogen) atoms. The van der Waals surface area contributed by atoms with E-state index in [-0.39, 0.29) is 12.3 Å². The molecule has 2 atom stereocenters. The molecule has 1 aliphatic rings. The fraction of sp³-hybridized carbons (Fsp3) is 0.625. The zero-order chi connectivity index (χ0) is 15.5. The van der Waals surface area contributed by atoms with Crippen molar-refractivity contribution in [2.75, 3.05) is 0 Å². The van der Waals surface area contributed by atoms with Crippen LogP contribution in [0.2, 0.25) is 0 Å². The molecule has 0 aromatic heterocycles. The van der Waals surface area contributed by atoms with Gasteiger partial charge in [-0.3, -0.25) is 0 Å². The van der Waals surface area contributed by atoms with Crippen molar-refractivity contribution in [3.05, 3.63) is 35.4 Å². The third-order valence-electron chi connectivity index (χ3n) is 4.23. The molecular weight excluding hydrogens is 281 g/mol. The highest BCUT2D eigenvalue weighted by Gasteiger charge is 2.31. The fourth-order valence-corrected chi connectivity index (χ4v) is 3.03. The van der Waals surface area contributed by atoms with Crippen LogP contribution in [-0.4, -0.2) is 22.4 Å². The van der Waals surface area contributed by atoms with E-state index < -0.39 is 23.9 Å². The molecule has 1 aliphatic carbocycles. The Hall–Kier alpha value is -1.07. The van der Waals surface area contributed by atoms with Crippen LogP contribution >= 0.6 is 0 Å². The average Bonchev–Trinajstić information content (AvgIpc) is 2.47. The third-order valence-corrected chi connectivity index (χ3v) is 4.23. The molecule has 0 aliphatic heterocycles. The summed E-state index contributed by atoms with van der Waals surface area (Å²) in [4.78, 5) is 0. The molecule has 1 aromatic carbocycles. The summed E-state index contributed by atoms with van der Waals surface area (Å²) in [5.74, 6) is 0.0551. The van der Waals surface area contributed by atoms with E-state index >= 15 is 0 Å². The molecule has 5 heteroatoms. The van der Waals surface area contributed by atoms with Gasteiger partial charge in [-0.15, -0.1) is 0 Å². The Kier molecular flexibility index (Phi) is 5.27. The van der Waals surface area contributed by atoms with Gasteiger partial charge < -0.3 is 10.2 Å². The third kappa shape index (κ3) is 4.45. The van der Waals surface area contributed by atoms with Crippen LogP contribution in [0.4, 0.5) is 13.2 Å². The van der Waals surface area contributed by atoms with Gasteiger partial charge in [-0.05, 0) is 30.4 Å². The van der Waals surface area contributed by atoms with Gasteiger partial charge in [-0.1, -0.05) is 37.5 Å². The Morgan fingerprint density at radius 2 is 1.76 bits per heavy atom. The number of rotatable bonds is 4. The molecule has 2 N–H and O–H groups in total. The van der Waals surface area contributed by atoms with E-state index in [0.717, 1.165) is 44.2 Å². The molecule has 0 spiro atoms. The van der Waals surface area contributed by atoms with Crippen molar-refractivity contribution >= 4 is 0 Å². The first-order valence-electron chi connectivity index (χ1n) is 7.40. The van der Waals surface area contributed by atoms with Gasteiger partial charge >= 0.3 is 6.18 Å². The van der Waals surface area contributed by atoms with Gasteiger partial charge in [0.15, 0.2) is 0 Å². The zero-order valence-corrected chi connectivity index (χ0v) is 11.8. The topological polar surface area (TPSA) is 40.5 Å². The molecule has 0 radical (unpaired) electrons. The lowest BCUT2D eigenvalue weighted by Gasteiger charge is -2.29. The number of halogens is 3. The van der Waals surface area contributed by atoms with Crippen molar-refractivity contribution in [2.24, 2.45) is 5.92 Å². The summed E-state index contributed by atoms with van der Waals surface area (Å²) in [6.45, 7) is 0. The van der Waals surface area contributed by atoms with Crippen LogP contribution in [0, 0.1) is 5.92 Å². The normalized spacial score (nSPS) is 20.2. The molecule has 0 heterocycles. The van der Waals surface area contributed by atoms with E-state index in [9.17, 15) is 23.4 Å². The van der Waals surface area contributed by atoms with Gasteiger partial charge in [0, 0.05) is 6.42 Å². The SMILES string of the molecule is OC(Cc1cccc(C(F)(F)F)c1)C(O)C1CCCCC1. The van der Waals surface area contributed by atoms with Crippen molar-refractivity contribution < 1.29 is 23.4 Å². The van der Waals surface area contributed by atoms with E-state index in [4.69, 9.17) is 0 Å². The molecule has 2 nitrogen and oxygen atoms in total. The van der Waals surface area contributed by atoms with Crippen molar-refractivity contribution in [3.8, 4) is 0 Å². The smallest absolute Gasteiger partial charge is 0.390 e. The first-order valence-corrected chi connectivity index (χ1v) is 7.40. The van der Waals surface area contributed by atoms with Crippen LogP contribution in [0.1, 0.15) is 43.2 Å². The lowest BCUT2D eigenvalue weighted by atomic mass is 9.82. The first-order chi connectivity index (χ1) is 9.88. The molecule has 118 valence electrons. The summed E-state index contributed by atoms with van der Waals surface area (Å²) in [5.41, 5.74) is -0.327. The molecule has 0 amide bonds. The quantitative estimate of drug-likeness (QED) is 0.893. The van der Waals surface area contributed by atoms with Gasteiger partial charge in [0.1, 0.15) is 0 Å². The minimum absolute atomic E-state index is 0.0432. The van der Waals surface area contributed by atoms with E-state index in [0.29, 0.717) is 5.56 Å². The van der Waals surface area contributed by atoms with Crippen molar-refractivity contribution in [1.29, 1.82) is 0 Å². The van der Waals surface area contributed by atoms with Gasteiger partial charge in [-0.2, -0.15) is 13.2 Å². The van der Waals surface area contributed by atoms with Gasteiger partial charge in [-0.25, -0.2) is 0 Å². The summed E-state index contributed by atoms with van der Waals surface area (Å²) in [6, 6.07) is 4.92. The number of hydrogen-bond donors (Lipinski definition) is 2. The summed E-state index contributed by atoms with van der Waals surface area (Å²) < 4.78 is 37.9. The predicted octanol–water partition coefficient (Wildman–Crippen LogP) is 3.55. The largest absolute Gasteiger partial charge is 0.416 e. The maximum absolute atomic E-state index is 12.6. The monoisotopic (exact) mass is 302 g/mol. The van der Waals surface area contributed by atoms with Crippen LogP contribution < -0.4 is 0 Å². The second kappa shape index (κ2) is 6.79. The van der Waals surface area contributed by atoms with Crippen LogP contribution in [0.3, 0.4) is 0 Å². The highest BCUT2D eigenvalue weighted by atomic mass is 19.4. The highest BCUT2D eigenvalue weighted by Crippen LogP contribution is 2.31. The van der Waals surface area contributed by atoms with Crippen LogP contribution in [0.15, 0.2) is 24.3 Å². The van der Waals surface area contributed by atoms with Crippen LogP contribution in [0.5, 0.6) is 0 Å².